The Kier molecular flexibility index (Phi) is 4.14. The summed E-state index contributed by atoms with van der Waals surface area (Å²) < 4.78 is 0. The van der Waals surface area contributed by atoms with Crippen molar-refractivity contribution in [2.24, 2.45) is 0 Å². The van der Waals surface area contributed by atoms with Crippen molar-refractivity contribution in [1.29, 1.82) is 0 Å². The van der Waals surface area contributed by atoms with Gasteiger partial charge in [0.15, 0.2) is 0 Å². The van der Waals surface area contributed by atoms with Gasteiger partial charge in [0, 0.05) is 34.7 Å². The summed E-state index contributed by atoms with van der Waals surface area (Å²) in [5, 5.41) is 4.07. The van der Waals surface area contributed by atoms with Crippen LogP contribution in [0, 0.1) is 0 Å². The zero-order chi connectivity index (χ0) is 6.85. The Morgan fingerprint density at radius 2 is 2.30 bits per heavy atom. The van der Waals surface area contributed by atoms with Gasteiger partial charge in [0.05, 0.1) is 0 Å². The number of piperazine rings is 1. The number of likely N-dealkylation sites (N-methyl/N-ethyl adjacent to an activating group) is 1. The predicted molar refractivity (Wildman–Crippen MR) is 35.3 cm³/mol. The van der Waals surface area contributed by atoms with E-state index in [2.05, 4.69) is 5.32 Å². The first kappa shape index (κ1) is 10.1. The van der Waals surface area contributed by atoms with E-state index in [1.807, 2.05) is 14.0 Å². The summed E-state index contributed by atoms with van der Waals surface area (Å²) in [5.74, 6) is 0.133. The number of amides is 1. The molecule has 0 aromatic heterocycles. The molecule has 1 fully saturated rings. The van der Waals surface area contributed by atoms with Gasteiger partial charge in [-0.3, -0.25) is 4.79 Å². The molecule has 1 unspecified atom stereocenters. The molecule has 0 N–H and O–H groups in total. The molecule has 0 bridgehead atoms. The monoisotopic (exact) mass is 311 g/mol. The number of hydrogen-bond acceptors (Lipinski definition) is 1. The summed E-state index contributed by atoms with van der Waals surface area (Å²) in [7, 11) is 1.81. The van der Waals surface area contributed by atoms with Crippen molar-refractivity contribution < 1.29 is 25.9 Å². The molecule has 1 heterocycles. The zero-order valence-electron chi connectivity index (χ0n) is 6.20. The molecule has 1 atom stereocenters. The SMILES string of the molecule is CC1CN(C)C(=O)C[N-]1.[W]. The van der Waals surface area contributed by atoms with Gasteiger partial charge in [-0.1, -0.05) is 13.5 Å². The fourth-order valence-electron chi connectivity index (χ4n) is 0.911. The van der Waals surface area contributed by atoms with Crippen molar-refractivity contribution in [2.75, 3.05) is 20.1 Å². The van der Waals surface area contributed by atoms with Gasteiger partial charge in [0.1, 0.15) is 0 Å². The average molecular weight is 311 g/mol. The normalized spacial score (nSPS) is 26.0. The molecule has 0 aliphatic carbocycles. The molecule has 1 saturated heterocycles. The second kappa shape index (κ2) is 4.09. The van der Waals surface area contributed by atoms with Crippen LogP contribution < -0.4 is 0 Å². The first-order chi connectivity index (χ1) is 4.20. The van der Waals surface area contributed by atoms with E-state index in [-0.39, 0.29) is 27.0 Å². The van der Waals surface area contributed by atoms with E-state index in [1.165, 1.54) is 0 Å². The largest absolute Gasteiger partial charge is 0.651 e. The molecule has 58 valence electrons. The van der Waals surface area contributed by atoms with Gasteiger partial charge < -0.3 is 10.2 Å². The topological polar surface area (TPSA) is 34.4 Å². The van der Waals surface area contributed by atoms with Crippen LogP contribution in [0.4, 0.5) is 0 Å². The minimum atomic E-state index is 0. The number of hydrogen-bond donors (Lipinski definition) is 0. The smallest absolute Gasteiger partial charge is 0.201 e. The van der Waals surface area contributed by atoms with Crippen LogP contribution in [0.25, 0.3) is 5.32 Å². The molecular formula is C6H11N2OW-. The van der Waals surface area contributed by atoms with Crippen molar-refractivity contribution in [2.45, 2.75) is 13.0 Å². The zero-order valence-corrected chi connectivity index (χ0v) is 9.14. The number of rotatable bonds is 0. The maximum absolute atomic E-state index is 10.8. The van der Waals surface area contributed by atoms with E-state index >= 15 is 0 Å². The van der Waals surface area contributed by atoms with Crippen LogP contribution >= 0.6 is 0 Å². The first-order valence-electron chi connectivity index (χ1n) is 3.10. The Labute approximate surface area is 75.4 Å². The van der Waals surface area contributed by atoms with Gasteiger partial charge in [-0.25, -0.2) is 0 Å². The van der Waals surface area contributed by atoms with Crippen LogP contribution in [0.1, 0.15) is 6.92 Å². The molecule has 0 aromatic rings. The molecule has 1 aliphatic rings. The Morgan fingerprint density at radius 1 is 1.70 bits per heavy atom. The van der Waals surface area contributed by atoms with E-state index in [0.29, 0.717) is 12.6 Å². The summed E-state index contributed by atoms with van der Waals surface area (Å²) in [6.07, 6.45) is 0. The van der Waals surface area contributed by atoms with Gasteiger partial charge in [0.25, 0.3) is 0 Å². The second-order valence-corrected chi connectivity index (χ2v) is 2.46. The van der Waals surface area contributed by atoms with Gasteiger partial charge in [-0.15, -0.1) is 6.04 Å². The number of carbonyl (C=O) groups is 1. The van der Waals surface area contributed by atoms with Gasteiger partial charge >= 0.3 is 0 Å². The van der Waals surface area contributed by atoms with Gasteiger partial charge in [-0.2, -0.15) is 0 Å². The van der Waals surface area contributed by atoms with E-state index in [1.54, 1.807) is 4.90 Å². The molecule has 10 heavy (non-hydrogen) atoms. The fourth-order valence-corrected chi connectivity index (χ4v) is 0.911. The third-order valence-corrected chi connectivity index (χ3v) is 1.50. The molecule has 0 radical (unpaired) electrons. The van der Waals surface area contributed by atoms with Crippen LogP contribution in [-0.2, 0) is 25.9 Å². The summed E-state index contributed by atoms with van der Waals surface area (Å²) in [4.78, 5) is 12.5. The standard InChI is InChI=1S/C6H11N2O.W/c1-5-4-8(2)6(9)3-7-5;/h5H,3-4H2,1-2H3;/q-1;. The molecule has 4 heteroatoms. The van der Waals surface area contributed by atoms with Crippen molar-refractivity contribution in [3.8, 4) is 0 Å². The summed E-state index contributed by atoms with van der Waals surface area (Å²) in [6.45, 7) is 3.17. The number of carbonyl (C=O) groups excluding carboxylic acids is 1. The van der Waals surface area contributed by atoms with Crippen LogP contribution in [0.15, 0.2) is 0 Å². The Balaban J connectivity index is 0.000000810. The molecule has 1 amide bonds. The summed E-state index contributed by atoms with van der Waals surface area (Å²) in [6, 6.07) is 0.327. The number of nitrogens with zero attached hydrogens (tertiary/aromatic N) is 2. The Bertz CT molecular complexity index is 129. The van der Waals surface area contributed by atoms with Gasteiger partial charge in [0.2, 0.25) is 5.91 Å². The molecular weight excluding hydrogens is 300 g/mol. The van der Waals surface area contributed by atoms with Crippen molar-refractivity contribution >= 4 is 5.91 Å². The average Bonchev–Trinajstić information content (AvgIpc) is 1.80. The van der Waals surface area contributed by atoms with Crippen molar-refractivity contribution in [3.63, 3.8) is 0 Å². The molecule has 0 aromatic carbocycles. The minimum absolute atomic E-state index is 0. The van der Waals surface area contributed by atoms with E-state index in [0.717, 1.165) is 6.54 Å². The van der Waals surface area contributed by atoms with Crippen molar-refractivity contribution in [1.82, 2.24) is 4.90 Å². The van der Waals surface area contributed by atoms with Crippen LogP contribution in [0.5, 0.6) is 0 Å². The first-order valence-corrected chi connectivity index (χ1v) is 3.10. The Hall–Kier alpha value is 0.118. The van der Waals surface area contributed by atoms with Crippen molar-refractivity contribution in [3.05, 3.63) is 5.32 Å². The summed E-state index contributed by atoms with van der Waals surface area (Å²) >= 11 is 0. The van der Waals surface area contributed by atoms with Crippen LogP contribution in [-0.4, -0.2) is 37.0 Å². The van der Waals surface area contributed by atoms with Crippen LogP contribution in [0.2, 0.25) is 0 Å². The van der Waals surface area contributed by atoms with E-state index < -0.39 is 0 Å². The summed E-state index contributed by atoms with van der Waals surface area (Å²) in [5.41, 5.74) is 0. The van der Waals surface area contributed by atoms with E-state index in [4.69, 9.17) is 0 Å². The molecule has 0 saturated carbocycles. The maximum Gasteiger partial charge on any atom is 0.201 e. The third kappa shape index (κ3) is 2.39. The van der Waals surface area contributed by atoms with Gasteiger partial charge in [-0.05, 0) is 0 Å². The quantitative estimate of drug-likeness (QED) is 0.630. The molecule has 1 rings (SSSR count). The minimum Gasteiger partial charge on any atom is -0.651 e. The molecule has 3 nitrogen and oxygen atoms in total. The van der Waals surface area contributed by atoms with E-state index in [9.17, 15) is 4.79 Å². The third-order valence-electron chi connectivity index (χ3n) is 1.50. The Morgan fingerprint density at radius 3 is 2.70 bits per heavy atom. The molecule has 1 aliphatic heterocycles. The maximum atomic E-state index is 10.8. The molecule has 0 spiro atoms. The fraction of sp³-hybridized carbons (Fsp3) is 0.833. The predicted octanol–water partition coefficient (Wildman–Crippen LogP) is 0.218. The van der Waals surface area contributed by atoms with Crippen LogP contribution in [0.3, 0.4) is 0 Å². The second-order valence-electron chi connectivity index (χ2n) is 2.46.